The number of alkyl halides is 3. The zero-order valence-electron chi connectivity index (χ0n) is 18.8. The molecule has 3 heterocycles. The molecule has 9 nitrogen and oxygen atoms in total. The van der Waals surface area contributed by atoms with E-state index in [0.717, 1.165) is 31.7 Å². The molecule has 1 amide bonds. The van der Waals surface area contributed by atoms with Crippen molar-refractivity contribution in [1.29, 1.82) is 0 Å². The van der Waals surface area contributed by atoms with Crippen LogP contribution in [0.1, 0.15) is 36.8 Å². The molecule has 2 aromatic rings. The van der Waals surface area contributed by atoms with Crippen LogP contribution < -0.4 is 15.2 Å². The number of amides is 1. The average Bonchev–Trinajstić information content (AvgIpc) is 3.27. The molecule has 34 heavy (non-hydrogen) atoms. The molecule has 1 aliphatic heterocycles. The van der Waals surface area contributed by atoms with Crippen molar-refractivity contribution in [3.63, 3.8) is 0 Å². The van der Waals surface area contributed by atoms with Crippen molar-refractivity contribution in [1.82, 2.24) is 25.1 Å². The van der Waals surface area contributed by atoms with E-state index in [-0.39, 0.29) is 23.3 Å². The Morgan fingerprint density at radius 3 is 2.47 bits per heavy atom. The van der Waals surface area contributed by atoms with Crippen LogP contribution in [0.4, 0.5) is 19.1 Å². The SMILES string of the molecule is Cc1c(OCC2CCC(CC(=O)N3CCN(c4ncc(C(F)(F)F)cn4)CC3)C2)cn[nH]c1=O. The van der Waals surface area contributed by atoms with Gasteiger partial charge in [0.05, 0.1) is 23.9 Å². The Kier molecular flexibility index (Phi) is 7.03. The number of H-pyrrole nitrogens is 1. The lowest BCUT2D eigenvalue weighted by molar-refractivity contribution is -0.138. The highest BCUT2D eigenvalue weighted by atomic mass is 19.4. The van der Waals surface area contributed by atoms with Gasteiger partial charge in [-0.25, -0.2) is 15.1 Å². The van der Waals surface area contributed by atoms with Gasteiger partial charge in [-0.05, 0) is 38.0 Å². The summed E-state index contributed by atoms with van der Waals surface area (Å²) >= 11 is 0. The zero-order chi connectivity index (χ0) is 24.3. The Hall–Kier alpha value is -3.18. The lowest BCUT2D eigenvalue weighted by atomic mass is 10.0. The van der Waals surface area contributed by atoms with Gasteiger partial charge in [0.25, 0.3) is 5.56 Å². The number of anilines is 1. The summed E-state index contributed by atoms with van der Waals surface area (Å²) in [7, 11) is 0. The predicted molar refractivity (Wildman–Crippen MR) is 116 cm³/mol. The molecule has 2 aliphatic rings. The fraction of sp³-hybridized carbons (Fsp3) is 0.591. The van der Waals surface area contributed by atoms with Gasteiger partial charge in [0.15, 0.2) is 0 Å². The molecule has 1 saturated carbocycles. The van der Waals surface area contributed by atoms with Gasteiger partial charge in [0.1, 0.15) is 5.75 Å². The van der Waals surface area contributed by atoms with Crippen molar-refractivity contribution in [2.24, 2.45) is 11.8 Å². The van der Waals surface area contributed by atoms with Crippen molar-refractivity contribution >= 4 is 11.9 Å². The predicted octanol–water partition coefficient (Wildman–Crippen LogP) is 2.42. The average molecular weight is 480 g/mol. The largest absolute Gasteiger partial charge is 0.491 e. The number of ether oxygens (including phenoxy) is 1. The highest BCUT2D eigenvalue weighted by Crippen LogP contribution is 2.34. The van der Waals surface area contributed by atoms with E-state index in [2.05, 4.69) is 20.2 Å². The molecule has 1 N–H and O–H groups in total. The van der Waals surface area contributed by atoms with Crippen molar-refractivity contribution in [2.75, 3.05) is 37.7 Å². The number of aromatic nitrogens is 4. The van der Waals surface area contributed by atoms with E-state index in [1.54, 1.807) is 16.7 Å². The molecule has 0 radical (unpaired) electrons. The number of nitrogens with one attached hydrogen (secondary N) is 1. The van der Waals surface area contributed by atoms with Crippen LogP contribution >= 0.6 is 0 Å². The van der Waals surface area contributed by atoms with Crippen molar-refractivity contribution in [3.05, 3.63) is 40.1 Å². The lowest BCUT2D eigenvalue weighted by Crippen LogP contribution is -2.49. The quantitative estimate of drug-likeness (QED) is 0.677. The first-order chi connectivity index (χ1) is 16.2. The van der Waals surface area contributed by atoms with Gasteiger partial charge in [0.2, 0.25) is 11.9 Å². The third kappa shape index (κ3) is 5.65. The second-order valence-electron chi connectivity index (χ2n) is 8.89. The first kappa shape index (κ1) is 24.0. The standard InChI is InChI=1S/C22H27F3N6O3/c1-14-18(12-28-29-20(14)33)34-13-16-3-2-15(8-16)9-19(32)30-4-6-31(7-5-30)21-26-10-17(11-27-21)22(23,24)25/h10-12,15-16H,2-9,13H2,1H3,(H,29,33). The van der Waals surface area contributed by atoms with E-state index in [1.807, 2.05) is 0 Å². The van der Waals surface area contributed by atoms with Crippen LogP contribution in [0, 0.1) is 18.8 Å². The van der Waals surface area contributed by atoms with Crippen LogP contribution in [0.2, 0.25) is 0 Å². The fourth-order valence-electron chi connectivity index (χ4n) is 4.47. The Labute approximate surface area is 194 Å². The van der Waals surface area contributed by atoms with Crippen molar-refractivity contribution < 1.29 is 22.7 Å². The maximum absolute atomic E-state index is 12.8. The molecular weight excluding hydrogens is 453 g/mol. The third-order valence-electron chi connectivity index (χ3n) is 6.53. The minimum absolute atomic E-state index is 0.0918. The van der Waals surface area contributed by atoms with Crippen LogP contribution in [-0.2, 0) is 11.0 Å². The van der Waals surface area contributed by atoms with Gasteiger partial charge in [-0.2, -0.15) is 18.3 Å². The van der Waals surface area contributed by atoms with Gasteiger partial charge in [0, 0.05) is 45.0 Å². The van der Waals surface area contributed by atoms with E-state index in [4.69, 9.17) is 4.74 Å². The second-order valence-corrected chi connectivity index (χ2v) is 8.89. The van der Waals surface area contributed by atoms with E-state index >= 15 is 0 Å². The van der Waals surface area contributed by atoms with Crippen LogP contribution in [0.15, 0.2) is 23.4 Å². The number of nitrogens with zero attached hydrogens (tertiary/aromatic N) is 5. The van der Waals surface area contributed by atoms with Crippen molar-refractivity contribution in [3.8, 4) is 5.75 Å². The first-order valence-corrected chi connectivity index (χ1v) is 11.3. The minimum atomic E-state index is -4.47. The summed E-state index contributed by atoms with van der Waals surface area (Å²) in [6, 6.07) is 0. The monoisotopic (exact) mass is 480 g/mol. The Bertz CT molecular complexity index is 1050. The Morgan fingerprint density at radius 2 is 1.79 bits per heavy atom. The normalized spacial score (nSPS) is 21.1. The smallest absolute Gasteiger partial charge is 0.419 e. The molecule has 2 unspecified atom stereocenters. The maximum Gasteiger partial charge on any atom is 0.419 e. The second kappa shape index (κ2) is 9.98. The summed E-state index contributed by atoms with van der Waals surface area (Å²) in [4.78, 5) is 35.7. The molecule has 2 fully saturated rings. The molecule has 0 spiro atoms. The molecule has 1 saturated heterocycles. The molecule has 0 aromatic carbocycles. The van der Waals surface area contributed by atoms with E-state index in [9.17, 15) is 22.8 Å². The van der Waals surface area contributed by atoms with Crippen LogP contribution in [0.5, 0.6) is 5.75 Å². The minimum Gasteiger partial charge on any atom is -0.491 e. The molecule has 0 bridgehead atoms. The number of carbonyl (C=O) groups excluding carboxylic acids is 1. The fourth-order valence-corrected chi connectivity index (χ4v) is 4.47. The summed E-state index contributed by atoms with van der Waals surface area (Å²) in [5.74, 6) is 1.43. The molecule has 4 rings (SSSR count). The summed E-state index contributed by atoms with van der Waals surface area (Å²) in [5.41, 5.74) is -0.646. The van der Waals surface area contributed by atoms with Gasteiger partial charge in [-0.1, -0.05) is 0 Å². The van der Waals surface area contributed by atoms with Gasteiger partial charge in [-0.3, -0.25) is 9.59 Å². The molecule has 1 aliphatic carbocycles. The molecule has 2 aromatic heterocycles. The summed E-state index contributed by atoms with van der Waals surface area (Å²) in [6.45, 7) is 4.09. The van der Waals surface area contributed by atoms with E-state index in [0.29, 0.717) is 56.4 Å². The summed E-state index contributed by atoms with van der Waals surface area (Å²) < 4.78 is 43.8. The number of piperazine rings is 1. The molecule has 12 heteroatoms. The number of hydrogen-bond donors (Lipinski definition) is 1. The molecular formula is C22H27F3N6O3. The van der Waals surface area contributed by atoms with Crippen LogP contribution in [-0.4, -0.2) is 63.8 Å². The molecule has 184 valence electrons. The maximum atomic E-state index is 12.8. The lowest BCUT2D eigenvalue weighted by Gasteiger charge is -2.35. The Morgan fingerprint density at radius 1 is 1.12 bits per heavy atom. The first-order valence-electron chi connectivity index (χ1n) is 11.3. The number of carbonyl (C=O) groups is 1. The van der Waals surface area contributed by atoms with Gasteiger partial charge < -0.3 is 14.5 Å². The zero-order valence-corrected chi connectivity index (χ0v) is 18.8. The van der Waals surface area contributed by atoms with Crippen LogP contribution in [0.25, 0.3) is 0 Å². The number of hydrogen-bond acceptors (Lipinski definition) is 7. The van der Waals surface area contributed by atoms with E-state index < -0.39 is 11.7 Å². The van der Waals surface area contributed by atoms with Crippen LogP contribution in [0.3, 0.4) is 0 Å². The topological polar surface area (TPSA) is 104 Å². The third-order valence-corrected chi connectivity index (χ3v) is 6.53. The summed E-state index contributed by atoms with van der Waals surface area (Å²) in [5, 5.41) is 6.13. The Balaban J connectivity index is 1.21. The number of aromatic amines is 1. The molecule has 2 atom stereocenters. The number of rotatable bonds is 6. The van der Waals surface area contributed by atoms with Gasteiger partial charge in [-0.15, -0.1) is 0 Å². The summed E-state index contributed by atoms with van der Waals surface area (Å²) in [6.07, 6.45) is 1.88. The van der Waals surface area contributed by atoms with Gasteiger partial charge >= 0.3 is 6.18 Å². The highest BCUT2D eigenvalue weighted by molar-refractivity contribution is 5.76. The van der Waals surface area contributed by atoms with E-state index in [1.165, 1.54) is 6.20 Å². The number of halogens is 3. The van der Waals surface area contributed by atoms with Crippen molar-refractivity contribution in [2.45, 2.75) is 38.8 Å². The highest BCUT2D eigenvalue weighted by Gasteiger charge is 2.32.